The molecule has 0 aliphatic carbocycles. The fraction of sp³-hybridized carbons (Fsp3) is 0.214. The second kappa shape index (κ2) is 3.48. The number of fused-ring (bicyclic) bond motifs is 2. The molecule has 0 saturated heterocycles. The Labute approximate surface area is 98.5 Å². The maximum atomic E-state index is 11.4. The second-order valence-corrected chi connectivity index (χ2v) is 4.67. The number of rotatable bonds is 1. The van der Waals surface area contributed by atoms with Gasteiger partial charge in [-0.05, 0) is 28.3 Å². The van der Waals surface area contributed by atoms with E-state index in [1.54, 1.807) is 0 Å². The molecule has 0 atom stereocenters. The van der Waals surface area contributed by atoms with Crippen LogP contribution in [0.4, 0.5) is 0 Å². The lowest BCUT2D eigenvalue weighted by molar-refractivity contribution is 0.882. The Morgan fingerprint density at radius 2 is 1.88 bits per heavy atom. The molecule has 0 bridgehead atoms. The van der Waals surface area contributed by atoms with Gasteiger partial charge in [-0.2, -0.15) is 0 Å². The zero-order valence-corrected chi connectivity index (χ0v) is 9.87. The van der Waals surface area contributed by atoms with Crippen LogP contribution in [0.3, 0.4) is 0 Å². The fourth-order valence-corrected chi connectivity index (χ4v) is 2.48. The molecule has 2 aromatic carbocycles. The maximum absolute atomic E-state index is 11.4. The van der Waals surface area contributed by atoms with Crippen molar-refractivity contribution in [2.24, 2.45) is 0 Å². The molecule has 3 heteroatoms. The molecule has 0 aliphatic heterocycles. The second-order valence-electron chi connectivity index (χ2n) is 4.67. The van der Waals surface area contributed by atoms with Crippen LogP contribution in [0, 0.1) is 0 Å². The van der Waals surface area contributed by atoms with Gasteiger partial charge in [-0.1, -0.05) is 38.1 Å². The van der Waals surface area contributed by atoms with Gasteiger partial charge in [0.1, 0.15) is 0 Å². The van der Waals surface area contributed by atoms with Crippen LogP contribution < -0.4 is 5.69 Å². The Bertz CT molecular complexity index is 750. The lowest BCUT2D eigenvalue weighted by Gasteiger charge is -2.11. The summed E-state index contributed by atoms with van der Waals surface area (Å²) in [5, 5.41) is 2.38. The number of H-pyrrole nitrogens is 2. The van der Waals surface area contributed by atoms with E-state index in [2.05, 4.69) is 35.9 Å². The molecule has 0 aliphatic rings. The van der Waals surface area contributed by atoms with Crippen molar-refractivity contribution in [1.82, 2.24) is 9.97 Å². The van der Waals surface area contributed by atoms with Gasteiger partial charge in [-0.3, -0.25) is 0 Å². The minimum atomic E-state index is -0.141. The van der Waals surface area contributed by atoms with Crippen LogP contribution in [-0.2, 0) is 0 Å². The predicted molar refractivity (Wildman–Crippen MR) is 70.5 cm³/mol. The number of aromatic nitrogens is 2. The Kier molecular flexibility index (Phi) is 2.08. The van der Waals surface area contributed by atoms with Gasteiger partial charge < -0.3 is 9.97 Å². The first-order chi connectivity index (χ1) is 8.16. The molecular weight excluding hydrogens is 212 g/mol. The number of hydrogen-bond acceptors (Lipinski definition) is 1. The van der Waals surface area contributed by atoms with Crippen LogP contribution in [-0.4, -0.2) is 9.97 Å². The van der Waals surface area contributed by atoms with Crippen molar-refractivity contribution in [3.63, 3.8) is 0 Å². The average molecular weight is 226 g/mol. The SMILES string of the molecule is CC(C)c1c2ccccc2cc2[nH]c(=O)[nH]c12. The molecule has 17 heavy (non-hydrogen) atoms. The first-order valence-corrected chi connectivity index (χ1v) is 5.80. The van der Waals surface area contributed by atoms with E-state index in [9.17, 15) is 4.79 Å². The number of hydrogen-bond donors (Lipinski definition) is 2. The number of imidazole rings is 1. The lowest BCUT2D eigenvalue weighted by atomic mass is 9.94. The summed E-state index contributed by atoms with van der Waals surface area (Å²) in [4.78, 5) is 17.2. The quantitative estimate of drug-likeness (QED) is 0.658. The summed E-state index contributed by atoms with van der Waals surface area (Å²) in [6, 6.07) is 10.3. The fourth-order valence-electron chi connectivity index (χ4n) is 2.48. The molecule has 1 aromatic heterocycles. The molecule has 0 spiro atoms. The van der Waals surface area contributed by atoms with E-state index in [1.807, 2.05) is 18.2 Å². The van der Waals surface area contributed by atoms with Crippen molar-refractivity contribution in [2.75, 3.05) is 0 Å². The summed E-state index contributed by atoms with van der Waals surface area (Å²) in [6.45, 7) is 4.29. The van der Waals surface area contributed by atoms with Gasteiger partial charge >= 0.3 is 5.69 Å². The maximum Gasteiger partial charge on any atom is 0.323 e. The highest BCUT2D eigenvalue weighted by Crippen LogP contribution is 2.31. The van der Waals surface area contributed by atoms with E-state index < -0.39 is 0 Å². The first kappa shape index (κ1) is 10.1. The van der Waals surface area contributed by atoms with Crippen LogP contribution >= 0.6 is 0 Å². The summed E-state index contributed by atoms with van der Waals surface area (Å²) in [6.07, 6.45) is 0. The highest BCUT2D eigenvalue weighted by atomic mass is 16.1. The van der Waals surface area contributed by atoms with Crippen LogP contribution in [0.1, 0.15) is 25.3 Å². The Balaban J connectivity index is 2.60. The first-order valence-electron chi connectivity index (χ1n) is 5.80. The summed E-state index contributed by atoms with van der Waals surface area (Å²) in [7, 11) is 0. The Hall–Kier alpha value is -2.03. The molecule has 0 saturated carbocycles. The molecule has 2 N–H and O–H groups in total. The smallest absolute Gasteiger partial charge is 0.306 e. The minimum Gasteiger partial charge on any atom is -0.306 e. The zero-order chi connectivity index (χ0) is 12.0. The molecule has 0 fully saturated rings. The number of nitrogens with one attached hydrogen (secondary N) is 2. The van der Waals surface area contributed by atoms with Crippen molar-refractivity contribution in [1.29, 1.82) is 0 Å². The van der Waals surface area contributed by atoms with Crippen molar-refractivity contribution in [2.45, 2.75) is 19.8 Å². The highest BCUT2D eigenvalue weighted by Gasteiger charge is 2.12. The topological polar surface area (TPSA) is 48.6 Å². The van der Waals surface area contributed by atoms with Gasteiger partial charge in [0.2, 0.25) is 0 Å². The van der Waals surface area contributed by atoms with Crippen LogP contribution in [0.5, 0.6) is 0 Å². The van der Waals surface area contributed by atoms with Gasteiger partial charge in [-0.15, -0.1) is 0 Å². The average Bonchev–Trinajstić information content (AvgIpc) is 2.64. The molecule has 1 heterocycles. The van der Waals surface area contributed by atoms with Gasteiger partial charge in [0.05, 0.1) is 11.0 Å². The Morgan fingerprint density at radius 1 is 1.12 bits per heavy atom. The minimum absolute atomic E-state index is 0.141. The van der Waals surface area contributed by atoms with Crippen molar-refractivity contribution in [3.05, 3.63) is 46.4 Å². The van der Waals surface area contributed by atoms with Gasteiger partial charge in [-0.25, -0.2) is 4.79 Å². The monoisotopic (exact) mass is 226 g/mol. The highest BCUT2D eigenvalue weighted by molar-refractivity contribution is 5.99. The molecule has 3 aromatic rings. The van der Waals surface area contributed by atoms with Gasteiger partial charge in [0.15, 0.2) is 0 Å². The third kappa shape index (κ3) is 1.46. The third-order valence-electron chi connectivity index (χ3n) is 3.15. The Morgan fingerprint density at radius 3 is 2.65 bits per heavy atom. The largest absolute Gasteiger partial charge is 0.323 e. The summed E-state index contributed by atoms with van der Waals surface area (Å²) >= 11 is 0. The van der Waals surface area contributed by atoms with Crippen molar-refractivity contribution >= 4 is 21.8 Å². The van der Waals surface area contributed by atoms with Crippen molar-refractivity contribution in [3.8, 4) is 0 Å². The van der Waals surface area contributed by atoms with E-state index in [4.69, 9.17) is 0 Å². The van der Waals surface area contributed by atoms with E-state index >= 15 is 0 Å². The van der Waals surface area contributed by atoms with Gasteiger partial charge in [0.25, 0.3) is 0 Å². The van der Waals surface area contributed by atoms with E-state index in [0.29, 0.717) is 5.92 Å². The molecular formula is C14H14N2O. The van der Waals surface area contributed by atoms with E-state index in [-0.39, 0.29) is 5.69 Å². The summed E-state index contributed by atoms with van der Waals surface area (Å²) < 4.78 is 0. The van der Waals surface area contributed by atoms with Crippen molar-refractivity contribution < 1.29 is 0 Å². The van der Waals surface area contributed by atoms with E-state index in [1.165, 1.54) is 16.3 Å². The van der Waals surface area contributed by atoms with Crippen LogP contribution in [0.25, 0.3) is 21.8 Å². The molecule has 3 rings (SSSR count). The van der Waals surface area contributed by atoms with Crippen LogP contribution in [0.2, 0.25) is 0 Å². The summed E-state index contributed by atoms with van der Waals surface area (Å²) in [5.41, 5.74) is 2.88. The molecule has 0 radical (unpaired) electrons. The zero-order valence-electron chi connectivity index (χ0n) is 9.87. The molecule has 0 amide bonds. The standard InChI is InChI=1S/C14H14N2O/c1-8(2)12-10-6-4-3-5-9(10)7-11-13(12)16-14(17)15-11/h3-8H,1-2H3,(H2,15,16,17). The van der Waals surface area contributed by atoms with Gasteiger partial charge in [0, 0.05) is 0 Å². The lowest BCUT2D eigenvalue weighted by Crippen LogP contribution is -2.00. The molecule has 0 unspecified atom stereocenters. The summed E-state index contributed by atoms with van der Waals surface area (Å²) in [5.74, 6) is 0.370. The number of benzene rings is 2. The van der Waals surface area contributed by atoms with E-state index in [0.717, 1.165) is 11.0 Å². The molecule has 3 nitrogen and oxygen atoms in total. The number of aromatic amines is 2. The normalized spacial score (nSPS) is 11.7. The third-order valence-corrected chi connectivity index (χ3v) is 3.15. The molecule has 86 valence electrons. The predicted octanol–water partition coefficient (Wildman–Crippen LogP) is 3.13. The van der Waals surface area contributed by atoms with Crippen LogP contribution in [0.15, 0.2) is 35.1 Å².